The maximum atomic E-state index is 5.87. The van der Waals surface area contributed by atoms with Gasteiger partial charge >= 0.3 is 0 Å². The normalized spacial score (nSPS) is 10.5. The van der Waals surface area contributed by atoms with Crippen molar-refractivity contribution in [2.45, 2.75) is 39.7 Å². The van der Waals surface area contributed by atoms with E-state index in [1.165, 1.54) is 4.88 Å². The fourth-order valence-corrected chi connectivity index (χ4v) is 2.54. The van der Waals surface area contributed by atoms with Crippen LogP contribution in [0.3, 0.4) is 0 Å². The molecule has 20 heavy (non-hydrogen) atoms. The SMILES string of the molecule is CCCNc1ncnc(OCc2cccs2)c1CCC. The van der Waals surface area contributed by atoms with E-state index in [1.807, 2.05) is 6.07 Å². The van der Waals surface area contributed by atoms with Crippen molar-refractivity contribution in [2.24, 2.45) is 0 Å². The molecule has 4 nitrogen and oxygen atoms in total. The molecule has 0 aliphatic rings. The highest BCUT2D eigenvalue weighted by atomic mass is 32.1. The Morgan fingerprint density at radius 3 is 2.85 bits per heavy atom. The molecule has 2 rings (SSSR count). The molecule has 0 aliphatic carbocycles. The van der Waals surface area contributed by atoms with Crippen LogP contribution in [0.2, 0.25) is 0 Å². The first-order valence-electron chi connectivity index (χ1n) is 7.08. The van der Waals surface area contributed by atoms with E-state index in [0.29, 0.717) is 12.5 Å². The van der Waals surface area contributed by atoms with Crippen molar-refractivity contribution in [2.75, 3.05) is 11.9 Å². The minimum atomic E-state index is 0.568. The molecule has 0 radical (unpaired) electrons. The van der Waals surface area contributed by atoms with Crippen LogP contribution in [0.4, 0.5) is 5.82 Å². The molecule has 2 aromatic rings. The van der Waals surface area contributed by atoms with Gasteiger partial charge in [0, 0.05) is 11.4 Å². The fourth-order valence-electron chi connectivity index (χ4n) is 1.93. The molecule has 0 saturated heterocycles. The number of aromatic nitrogens is 2. The Labute approximate surface area is 124 Å². The van der Waals surface area contributed by atoms with Crippen molar-refractivity contribution >= 4 is 17.2 Å². The Balaban J connectivity index is 2.13. The van der Waals surface area contributed by atoms with Gasteiger partial charge in [0.05, 0.1) is 5.56 Å². The lowest BCUT2D eigenvalue weighted by atomic mass is 10.1. The van der Waals surface area contributed by atoms with Crippen LogP contribution in [-0.2, 0) is 13.0 Å². The van der Waals surface area contributed by atoms with E-state index in [4.69, 9.17) is 4.74 Å². The number of nitrogens with one attached hydrogen (secondary N) is 1. The molecule has 2 aromatic heterocycles. The molecule has 0 saturated carbocycles. The Morgan fingerprint density at radius 2 is 2.15 bits per heavy atom. The van der Waals surface area contributed by atoms with Crippen LogP contribution < -0.4 is 10.1 Å². The third-order valence-electron chi connectivity index (χ3n) is 2.88. The van der Waals surface area contributed by atoms with Gasteiger partial charge in [-0.2, -0.15) is 0 Å². The molecule has 0 amide bonds. The van der Waals surface area contributed by atoms with Gasteiger partial charge in [0.2, 0.25) is 5.88 Å². The second-order valence-electron chi connectivity index (χ2n) is 4.55. The number of anilines is 1. The standard InChI is InChI=1S/C15H21N3OS/c1-3-6-13-14(16-8-4-2)17-11-18-15(13)19-10-12-7-5-9-20-12/h5,7,9,11H,3-4,6,8,10H2,1-2H3,(H,16,17,18). The van der Waals surface area contributed by atoms with Gasteiger partial charge in [0.1, 0.15) is 18.8 Å². The fraction of sp³-hybridized carbons (Fsp3) is 0.467. The summed E-state index contributed by atoms with van der Waals surface area (Å²) < 4.78 is 5.87. The van der Waals surface area contributed by atoms with Crippen LogP contribution >= 0.6 is 11.3 Å². The second-order valence-corrected chi connectivity index (χ2v) is 5.58. The minimum Gasteiger partial charge on any atom is -0.472 e. The van der Waals surface area contributed by atoms with Crippen molar-refractivity contribution in [1.29, 1.82) is 0 Å². The minimum absolute atomic E-state index is 0.568. The lowest BCUT2D eigenvalue weighted by molar-refractivity contribution is 0.293. The predicted molar refractivity (Wildman–Crippen MR) is 83.5 cm³/mol. The molecule has 0 spiro atoms. The number of hydrogen-bond acceptors (Lipinski definition) is 5. The van der Waals surface area contributed by atoms with Gasteiger partial charge in [0.25, 0.3) is 0 Å². The first-order chi connectivity index (χ1) is 9.85. The zero-order chi connectivity index (χ0) is 14.2. The highest BCUT2D eigenvalue weighted by Gasteiger charge is 2.12. The van der Waals surface area contributed by atoms with Crippen LogP contribution in [0.15, 0.2) is 23.8 Å². The molecule has 0 aromatic carbocycles. The van der Waals surface area contributed by atoms with Gasteiger partial charge in [0.15, 0.2) is 0 Å². The van der Waals surface area contributed by atoms with Crippen LogP contribution in [0.5, 0.6) is 5.88 Å². The van der Waals surface area contributed by atoms with Gasteiger partial charge < -0.3 is 10.1 Å². The van der Waals surface area contributed by atoms with E-state index in [-0.39, 0.29) is 0 Å². The van der Waals surface area contributed by atoms with E-state index >= 15 is 0 Å². The molecule has 1 N–H and O–H groups in total. The van der Waals surface area contributed by atoms with Crippen molar-refractivity contribution in [1.82, 2.24) is 9.97 Å². The molecule has 0 aliphatic heterocycles. The second kappa shape index (κ2) is 7.85. The molecular formula is C15H21N3OS. The topological polar surface area (TPSA) is 47.0 Å². The van der Waals surface area contributed by atoms with Crippen molar-refractivity contribution in [3.05, 3.63) is 34.3 Å². The molecule has 108 valence electrons. The highest BCUT2D eigenvalue weighted by molar-refractivity contribution is 7.09. The Hall–Kier alpha value is -1.62. The summed E-state index contributed by atoms with van der Waals surface area (Å²) in [6, 6.07) is 4.10. The molecule has 2 heterocycles. The average molecular weight is 291 g/mol. The van der Waals surface area contributed by atoms with Gasteiger partial charge in [-0.05, 0) is 24.3 Å². The number of thiophene rings is 1. The predicted octanol–water partition coefficient (Wildman–Crippen LogP) is 3.89. The maximum Gasteiger partial charge on any atom is 0.222 e. The van der Waals surface area contributed by atoms with E-state index < -0.39 is 0 Å². The third kappa shape index (κ3) is 3.93. The molecule has 0 fully saturated rings. The van der Waals surface area contributed by atoms with E-state index in [2.05, 4.69) is 40.6 Å². The van der Waals surface area contributed by atoms with Gasteiger partial charge in [-0.15, -0.1) is 11.3 Å². The van der Waals surface area contributed by atoms with Crippen molar-refractivity contribution in [3.8, 4) is 5.88 Å². The monoisotopic (exact) mass is 291 g/mol. The van der Waals surface area contributed by atoms with Crippen LogP contribution in [0.1, 0.15) is 37.1 Å². The summed E-state index contributed by atoms with van der Waals surface area (Å²) in [5.41, 5.74) is 1.08. The maximum absolute atomic E-state index is 5.87. The lowest BCUT2D eigenvalue weighted by Crippen LogP contribution is -2.08. The summed E-state index contributed by atoms with van der Waals surface area (Å²) in [6.07, 6.45) is 4.61. The Kier molecular flexibility index (Phi) is 5.80. The van der Waals surface area contributed by atoms with Crippen LogP contribution in [0, 0.1) is 0 Å². The van der Waals surface area contributed by atoms with E-state index in [0.717, 1.165) is 37.2 Å². The van der Waals surface area contributed by atoms with Gasteiger partial charge in [-0.3, -0.25) is 0 Å². The Bertz CT molecular complexity index is 514. The molecular weight excluding hydrogens is 270 g/mol. The first kappa shape index (κ1) is 14.8. The van der Waals surface area contributed by atoms with E-state index in [9.17, 15) is 0 Å². The molecule has 0 unspecified atom stereocenters. The number of hydrogen-bond donors (Lipinski definition) is 1. The summed E-state index contributed by atoms with van der Waals surface area (Å²) in [4.78, 5) is 9.84. The summed E-state index contributed by atoms with van der Waals surface area (Å²) in [7, 11) is 0. The van der Waals surface area contributed by atoms with E-state index in [1.54, 1.807) is 17.7 Å². The van der Waals surface area contributed by atoms with Crippen molar-refractivity contribution < 1.29 is 4.74 Å². The summed E-state index contributed by atoms with van der Waals surface area (Å²) in [6.45, 7) is 5.78. The zero-order valence-corrected chi connectivity index (χ0v) is 12.9. The number of nitrogens with zero attached hydrogens (tertiary/aromatic N) is 2. The molecule has 5 heteroatoms. The number of ether oxygens (including phenoxy) is 1. The number of rotatable bonds is 8. The summed E-state index contributed by atoms with van der Waals surface area (Å²) >= 11 is 1.70. The average Bonchev–Trinajstić information content (AvgIpc) is 2.98. The summed E-state index contributed by atoms with van der Waals surface area (Å²) in [5.74, 6) is 1.61. The highest BCUT2D eigenvalue weighted by Crippen LogP contribution is 2.25. The smallest absolute Gasteiger partial charge is 0.222 e. The van der Waals surface area contributed by atoms with Crippen LogP contribution in [0.25, 0.3) is 0 Å². The largest absolute Gasteiger partial charge is 0.472 e. The lowest BCUT2D eigenvalue weighted by Gasteiger charge is -2.13. The van der Waals surface area contributed by atoms with Gasteiger partial charge in [-0.25, -0.2) is 9.97 Å². The third-order valence-corrected chi connectivity index (χ3v) is 3.73. The summed E-state index contributed by atoms with van der Waals surface area (Å²) in [5, 5.41) is 5.41. The molecule has 0 bridgehead atoms. The first-order valence-corrected chi connectivity index (χ1v) is 7.96. The van der Waals surface area contributed by atoms with Gasteiger partial charge in [-0.1, -0.05) is 26.3 Å². The van der Waals surface area contributed by atoms with Crippen molar-refractivity contribution in [3.63, 3.8) is 0 Å². The van der Waals surface area contributed by atoms with Crippen LogP contribution in [-0.4, -0.2) is 16.5 Å². The molecule has 0 atom stereocenters. The quantitative estimate of drug-likeness (QED) is 0.801. The zero-order valence-electron chi connectivity index (χ0n) is 12.1. The Morgan fingerprint density at radius 1 is 1.25 bits per heavy atom.